The number of nitrogens with zero attached hydrogens (tertiary/aromatic N) is 2. The van der Waals surface area contributed by atoms with E-state index in [1.54, 1.807) is 4.90 Å². The average molecular weight is 253 g/mol. The van der Waals surface area contributed by atoms with Gasteiger partial charge in [0, 0.05) is 32.2 Å². The zero-order valence-corrected chi connectivity index (χ0v) is 12.1. The fraction of sp³-hybridized carbons (Fsp3) is 0.929. The number of amides is 1. The van der Waals surface area contributed by atoms with E-state index in [1.807, 2.05) is 14.1 Å². The third kappa shape index (κ3) is 2.54. The van der Waals surface area contributed by atoms with Crippen LogP contribution in [0, 0.1) is 0 Å². The first-order chi connectivity index (χ1) is 8.54. The van der Waals surface area contributed by atoms with Gasteiger partial charge in [-0.2, -0.15) is 0 Å². The molecule has 0 aromatic rings. The van der Waals surface area contributed by atoms with Crippen LogP contribution in [0.25, 0.3) is 0 Å². The molecule has 2 rings (SSSR count). The van der Waals surface area contributed by atoms with E-state index in [-0.39, 0.29) is 11.9 Å². The van der Waals surface area contributed by atoms with E-state index >= 15 is 0 Å². The van der Waals surface area contributed by atoms with Crippen LogP contribution in [0.5, 0.6) is 0 Å². The van der Waals surface area contributed by atoms with Crippen LogP contribution in [0.2, 0.25) is 0 Å². The third-order valence-electron chi connectivity index (χ3n) is 4.68. The van der Waals surface area contributed by atoms with Gasteiger partial charge >= 0.3 is 0 Å². The molecular formula is C14H27N3O. The Balaban J connectivity index is 2.10. The van der Waals surface area contributed by atoms with Gasteiger partial charge in [0.05, 0.1) is 6.04 Å². The summed E-state index contributed by atoms with van der Waals surface area (Å²) < 4.78 is 0. The number of piperidine rings is 2. The minimum absolute atomic E-state index is 0.0353. The van der Waals surface area contributed by atoms with Gasteiger partial charge in [-0.15, -0.1) is 0 Å². The van der Waals surface area contributed by atoms with E-state index in [1.165, 1.54) is 32.1 Å². The fourth-order valence-electron chi connectivity index (χ4n) is 3.79. The topological polar surface area (TPSA) is 35.6 Å². The van der Waals surface area contributed by atoms with Gasteiger partial charge in [-0.25, -0.2) is 0 Å². The van der Waals surface area contributed by atoms with Gasteiger partial charge in [-0.3, -0.25) is 9.69 Å². The zero-order chi connectivity index (χ0) is 13.3. The summed E-state index contributed by atoms with van der Waals surface area (Å²) in [6, 6.07) is 1.86. The van der Waals surface area contributed by atoms with E-state index < -0.39 is 0 Å². The Kier molecular flexibility index (Phi) is 4.28. The lowest BCUT2D eigenvalue weighted by molar-refractivity contribution is -0.138. The second-order valence-electron chi connectivity index (χ2n) is 6.05. The predicted octanol–water partition coefficient (Wildman–Crippen LogP) is 1.07. The minimum Gasteiger partial charge on any atom is -0.347 e. The van der Waals surface area contributed by atoms with Crippen LogP contribution in [0.15, 0.2) is 0 Å². The van der Waals surface area contributed by atoms with Crippen LogP contribution in [0.4, 0.5) is 0 Å². The second-order valence-corrected chi connectivity index (χ2v) is 6.05. The number of carbonyl (C=O) groups is 1. The molecule has 0 aromatic carbocycles. The lowest BCUT2D eigenvalue weighted by Crippen LogP contribution is -2.61. The molecule has 1 amide bonds. The minimum atomic E-state index is 0.0353. The van der Waals surface area contributed by atoms with Crippen molar-refractivity contribution >= 4 is 5.91 Å². The Morgan fingerprint density at radius 1 is 1.28 bits per heavy atom. The lowest BCUT2D eigenvalue weighted by Gasteiger charge is -2.51. The van der Waals surface area contributed by atoms with Crippen LogP contribution in [-0.2, 0) is 4.79 Å². The van der Waals surface area contributed by atoms with Gasteiger partial charge in [0.25, 0.3) is 0 Å². The van der Waals surface area contributed by atoms with Crippen LogP contribution in [-0.4, -0.2) is 61.0 Å². The molecule has 104 valence electrons. The Hall–Kier alpha value is -0.610. The molecule has 2 bridgehead atoms. The summed E-state index contributed by atoms with van der Waals surface area (Å²) in [6.07, 6.45) is 6.21. The summed E-state index contributed by atoms with van der Waals surface area (Å²) in [4.78, 5) is 16.4. The predicted molar refractivity (Wildman–Crippen MR) is 73.5 cm³/mol. The van der Waals surface area contributed by atoms with Crippen LogP contribution >= 0.6 is 0 Å². The summed E-state index contributed by atoms with van der Waals surface area (Å²) >= 11 is 0. The largest absolute Gasteiger partial charge is 0.347 e. The number of hydrogen-bond donors (Lipinski definition) is 1. The Bertz CT molecular complexity index is 291. The molecule has 2 heterocycles. The Morgan fingerprint density at radius 2 is 1.83 bits per heavy atom. The molecule has 2 aliphatic heterocycles. The number of hydrogen-bond acceptors (Lipinski definition) is 3. The lowest BCUT2D eigenvalue weighted by atomic mass is 9.80. The first kappa shape index (κ1) is 13.8. The summed E-state index contributed by atoms with van der Waals surface area (Å²) in [7, 11) is 5.77. The second kappa shape index (κ2) is 5.57. The number of likely N-dealkylation sites (N-methyl/N-ethyl adjacent to an activating group) is 1. The number of nitrogens with one attached hydrogen (secondary N) is 1. The van der Waals surface area contributed by atoms with E-state index in [0.717, 1.165) is 0 Å². The average Bonchev–Trinajstić information content (AvgIpc) is 2.35. The first-order valence-electron chi connectivity index (χ1n) is 7.20. The normalized spacial score (nSPS) is 34.1. The van der Waals surface area contributed by atoms with Crippen LogP contribution in [0.3, 0.4) is 0 Å². The van der Waals surface area contributed by atoms with E-state index in [4.69, 9.17) is 0 Å². The van der Waals surface area contributed by atoms with E-state index in [9.17, 15) is 4.79 Å². The maximum absolute atomic E-state index is 12.2. The monoisotopic (exact) mass is 253 g/mol. The van der Waals surface area contributed by atoms with Gasteiger partial charge in [0.1, 0.15) is 0 Å². The van der Waals surface area contributed by atoms with Gasteiger partial charge in [0.2, 0.25) is 5.91 Å². The van der Waals surface area contributed by atoms with Crippen molar-refractivity contribution in [3.05, 3.63) is 0 Å². The fourth-order valence-corrected chi connectivity index (χ4v) is 3.79. The maximum atomic E-state index is 12.2. The Morgan fingerprint density at radius 3 is 2.28 bits per heavy atom. The Labute approximate surface area is 111 Å². The smallest absolute Gasteiger partial charge is 0.239 e. The molecule has 0 saturated carbocycles. The number of rotatable bonds is 3. The zero-order valence-electron chi connectivity index (χ0n) is 12.1. The summed E-state index contributed by atoms with van der Waals surface area (Å²) in [5.74, 6) is 0.245. The summed E-state index contributed by atoms with van der Waals surface area (Å²) in [5.41, 5.74) is 0. The molecule has 0 aromatic heterocycles. The highest BCUT2D eigenvalue weighted by molar-refractivity contribution is 5.81. The van der Waals surface area contributed by atoms with Crippen LogP contribution in [0.1, 0.15) is 39.0 Å². The van der Waals surface area contributed by atoms with E-state index in [2.05, 4.69) is 24.2 Å². The van der Waals surface area contributed by atoms with Crippen molar-refractivity contribution in [3.8, 4) is 0 Å². The molecule has 2 saturated heterocycles. The standard InChI is InChI=1S/C14H27N3O/c1-10(14(18)16(3)4)17-12-6-5-7-13(17)9-11(8-12)15-2/h10-13,15H,5-9H2,1-4H3. The van der Waals surface area contributed by atoms with Crippen molar-refractivity contribution in [3.63, 3.8) is 0 Å². The molecule has 18 heavy (non-hydrogen) atoms. The summed E-state index contributed by atoms with van der Waals surface area (Å²) in [6.45, 7) is 2.08. The van der Waals surface area contributed by atoms with Crippen LogP contribution < -0.4 is 5.32 Å². The molecule has 2 aliphatic rings. The maximum Gasteiger partial charge on any atom is 0.239 e. The summed E-state index contributed by atoms with van der Waals surface area (Å²) in [5, 5.41) is 3.42. The van der Waals surface area contributed by atoms with Crippen molar-refractivity contribution in [1.29, 1.82) is 0 Å². The van der Waals surface area contributed by atoms with Gasteiger partial charge in [-0.1, -0.05) is 6.42 Å². The SMILES string of the molecule is CNC1CC2CCCC(C1)N2C(C)C(=O)N(C)C. The van der Waals surface area contributed by atoms with Crippen molar-refractivity contribution in [1.82, 2.24) is 15.1 Å². The quantitative estimate of drug-likeness (QED) is 0.817. The molecule has 0 radical (unpaired) electrons. The highest BCUT2D eigenvalue weighted by Crippen LogP contribution is 2.35. The van der Waals surface area contributed by atoms with Gasteiger partial charge in [-0.05, 0) is 39.7 Å². The first-order valence-corrected chi connectivity index (χ1v) is 7.20. The number of carbonyl (C=O) groups excluding carboxylic acids is 1. The molecule has 0 aliphatic carbocycles. The molecule has 3 unspecified atom stereocenters. The van der Waals surface area contributed by atoms with Gasteiger partial charge < -0.3 is 10.2 Å². The van der Waals surface area contributed by atoms with Crippen molar-refractivity contribution in [2.75, 3.05) is 21.1 Å². The molecule has 4 nitrogen and oxygen atoms in total. The van der Waals surface area contributed by atoms with E-state index in [0.29, 0.717) is 18.1 Å². The molecule has 0 spiro atoms. The highest BCUT2D eigenvalue weighted by Gasteiger charge is 2.42. The molecule has 4 heteroatoms. The molecular weight excluding hydrogens is 226 g/mol. The van der Waals surface area contributed by atoms with Crippen molar-refractivity contribution in [2.45, 2.75) is 63.2 Å². The molecule has 1 N–H and O–H groups in total. The third-order valence-corrected chi connectivity index (χ3v) is 4.68. The van der Waals surface area contributed by atoms with Crippen molar-refractivity contribution in [2.24, 2.45) is 0 Å². The van der Waals surface area contributed by atoms with Crippen molar-refractivity contribution < 1.29 is 4.79 Å². The number of fused-ring (bicyclic) bond motifs is 2. The molecule has 3 atom stereocenters. The molecule has 2 fully saturated rings. The van der Waals surface area contributed by atoms with Gasteiger partial charge in [0.15, 0.2) is 0 Å². The highest BCUT2D eigenvalue weighted by atomic mass is 16.2.